The summed E-state index contributed by atoms with van der Waals surface area (Å²) in [7, 11) is 0. The Bertz CT molecular complexity index is 687. The first-order chi connectivity index (χ1) is 14.7. The van der Waals surface area contributed by atoms with Crippen LogP contribution < -0.4 is 15.5 Å². The number of piperidine rings is 1. The van der Waals surface area contributed by atoms with Crippen LogP contribution in [0.4, 0.5) is 10.5 Å². The highest BCUT2D eigenvalue weighted by Crippen LogP contribution is 2.17. The van der Waals surface area contributed by atoms with Crippen molar-refractivity contribution in [3.8, 4) is 0 Å². The highest BCUT2D eigenvalue weighted by Gasteiger charge is 2.24. The van der Waals surface area contributed by atoms with Gasteiger partial charge in [0.25, 0.3) is 0 Å². The van der Waals surface area contributed by atoms with E-state index in [2.05, 4.69) is 46.7 Å². The highest BCUT2D eigenvalue weighted by molar-refractivity contribution is 14.0. The van der Waals surface area contributed by atoms with Gasteiger partial charge in [-0.3, -0.25) is 0 Å². The monoisotopic (exact) mass is 545 g/mol. The van der Waals surface area contributed by atoms with Crippen LogP contribution in [-0.2, 0) is 16.0 Å². The summed E-state index contributed by atoms with van der Waals surface area (Å²) in [5.74, 6) is 0.823. The van der Waals surface area contributed by atoms with Crippen LogP contribution in [0.1, 0.15) is 32.3 Å². The van der Waals surface area contributed by atoms with Gasteiger partial charge in [0.05, 0.1) is 26.4 Å². The van der Waals surface area contributed by atoms with Crippen molar-refractivity contribution in [3.63, 3.8) is 0 Å². The van der Waals surface area contributed by atoms with Crippen molar-refractivity contribution in [1.82, 2.24) is 15.5 Å². The minimum Gasteiger partial charge on any atom is -0.450 e. The number of ether oxygens (including phenoxy) is 2. The lowest BCUT2D eigenvalue weighted by atomic mass is 10.1. The lowest BCUT2D eigenvalue weighted by Crippen LogP contribution is -2.49. The van der Waals surface area contributed by atoms with E-state index in [9.17, 15) is 4.79 Å². The molecule has 0 atom stereocenters. The van der Waals surface area contributed by atoms with Crippen LogP contribution in [0.25, 0.3) is 0 Å². The van der Waals surface area contributed by atoms with Crippen molar-refractivity contribution in [3.05, 3.63) is 29.8 Å². The number of halogens is 1. The van der Waals surface area contributed by atoms with E-state index >= 15 is 0 Å². The number of nitrogens with one attached hydrogen (secondary N) is 2. The molecule has 1 aromatic carbocycles. The molecule has 0 bridgehead atoms. The quantitative estimate of drug-likeness (QED) is 0.325. The molecule has 31 heavy (non-hydrogen) atoms. The molecule has 0 saturated carbocycles. The van der Waals surface area contributed by atoms with Gasteiger partial charge in [0.15, 0.2) is 5.96 Å². The predicted molar refractivity (Wildman–Crippen MR) is 134 cm³/mol. The summed E-state index contributed by atoms with van der Waals surface area (Å²) in [5.41, 5.74) is 2.42. The molecule has 0 aromatic heterocycles. The Morgan fingerprint density at radius 3 is 2.42 bits per heavy atom. The third-order valence-electron chi connectivity index (χ3n) is 5.44. The standard InChI is InChI=1S/C22H35N5O3.HI/c1-3-23-21(25-19-9-11-27(12-10-19)22(28)30-4-2)24-17-18-5-7-20(8-6-18)26-13-15-29-16-14-26;/h5-8,19H,3-4,9-17H2,1-2H3,(H2,23,24,25);1H. The summed E-state index contributed by atoms with van der Waals surface area (Å²) < 4.78 is 10.5. The van der Waals surface area contributed by atoms with E-state index in [1.54, 1.807) is 4.90 Å². The number of hydrogen-bond acceptors (Lipinski definition) is 5. The molecule has 1 amide bonds. The number of likely N-dealkylation sites (tertiary alicyclic amines) is 1. The van der Waals surface area contributed by atoms with Crippen molar-refractivity contribution < 1.29 is 14.3 Å². The fraction of sp³-hybridized carbons (Fsp3) is 0.636. The van der Waals surface area contributed by atoms with E-state index < -0.39 is 0 Å². The molecule has 2 heterocycles. The van der Waals surface area contributed by atoms with Crippen LogP contribution in [0.15, 0.2) is 29.3 Å². The van der Waals surface area contributed by atoms with E-state index in [4.69, 9.17) is 14.5 Å². The Labute approximate surface area is 202 Å². The number of carbonyl (C=O) groups is 1. The fourth-order valence-corrected chi connectivity index (χ4v) is 3.74. The molecule has 3 rings (SSSR count). The average molecular weight is 545 g/mol. The number of nitrogens with zero attached hydrogens (tertiary/aromatic N) is 3. The van der Waals surface area contributed by atoms with E-state index in [0.29, 0.717) is 32.3 Å². The number of carbonyl (C=O) groups excluding carboxylic acids is 1. The number of aliphatic imine (C=N–C) groups is 1. The number of hydrogen-bond donors (Lipinski definition) is 2. The minimum absolute atomic E-state index is 0. The molecule has 1 aromatic rings. The van der Waals surface area contributed by atoms with E-state index in [0.717, 1.165) is 51.6 Å². The maximum absolute atomic E-state index is 11.9. The molecule has 8 nitrogen and oxygen atoms in total. The van der Waals surface area contributed by atoms with Crippen LogP contribution in [0.2, 0.25) is 0 Å². The van der Waals surface area contributed by atoms with E-state index in [1.807, 2.05) is 6.92 Å². The summed E-state index contributed by atoms with van der Waals surface area (Å²) in [4.78, 5) is 20.7. The topological polar surface area (TPSA) is 78.4 Å². The van der Waals surface area contributed by atoms with Gasteiger partial charge in [0.1, 0.15) is 0 Å². The number of guanidine groups is 1. The first kappa shape index (κ1) is 25.5. The first-order valence-corrected chi connectivity index (χ1v) is 11.1. The Morgan fingerprint density at radius 2 is 1.81 bits per heavy atom. The maximum Gasteiger partial charge on any atom is 0.409 e. The molecule has 2 N–H and O–H groups in total. The molecule has 2 fully saturated rings. The number of benzene rings is 1. The second-order valence-electron chi connectivity index (χ2n) is 7.57. The summed E-state index contributed by atoms with van der Waals surface area (Å²) in [6.07, 6.45) is 1.56. The minimum atomic E-state index is -0.211. The molecule has 2 aliphatic heterocycles. The molecule has 0 radical (unpaired) electrons. The SMILES string of the molecule is CCNC(=NCc1ccc(N2CCOCC2)cc1)NC1CCN(C(=O)OCC)CC1.I. The van der Waals surface area contributed by atoms with Gasteiger partial charge in [0, 0.05) is 44.5 Å². The molecule has 9 heteroatoms. The molecule has 174 valence electrons. The van der Waals surface area contributed by atoms with Crippen molar-refractivity contribution in [2.75, 3.05) is 57.4 Å². The average Bonchev–Trinajstić information content (AvgIpc) is 2.79. The summed E-state index contributed by atoms with van der Waals surface area (Å²) in [5, 5.41) is 6.85. The van der Waals surface area contributed by atoms with Gasteiger partial charge in [-0.05, 0) is 44.4 Å². The zero-order valence-corrected chi connectivity index (χ0v) is 21.0. The predicted octanol–water partition coefficient (Wildman–Crippen LogP) is 2.82. The van der Waals surface area contributed by atoms with Crippen molar-refractivity contribution in [2.45, 2.75) is 39.3 Å². The molecular formula is C22H36IN5O3. The van der Waals surface area contributed by atoms with Gasteiger partial charge in [-0.1, -0.05) is 12.1 Å². The highest BCUT2D eigenvalue weighted by atomic mass is 127. The second kappa shape index (κ2) is 13.6. The molecular weight excluding hydrogens is 509 g/mol. The fourth-order valence-electron chi connectivity index (χ4n) is 3.74. The normalized spacial score (nSPS) is 17.7. The Morgan fingerprint density at radius 1 is 1.13 bits per heavy atom. The molecule has 2 saturated heterocycles. The molecule has 0 spiro atoms. The first-order valence-electron chi connectivity index (χ1n) is 11.1. The third kappa shape index (κ3) is 8.03. The molecule has 0 aliphatic carbocycles. The van der Waals surface area contributed by atoms with Crippen LogP contribution in [0.3, 0.4) is 0 Å². The maximum atomic E-state index is 11.9. The summed E-state index contributed by atoms with van der Waals surface area (Å²) in [6, 6.07) is 8.94. The van der Waals surface area contributed by atoms with Crippen molar-refractivity contribution in [2.24, 2.45) is 4.99 Å². The summed E-state index contributed by atoms with van der Waals surface area (Å²) >= 11 is 0. The van der Waals surface area contributed by atoms with Crippen molar-refractivity contribution in [1.29, 1.82) is 0 Å². The lowest BCUT2D eigenvalue weighted by Gasteiger charge is -2.32. The third-order valence-corrected chi connectivity index (χ3v) is 5.44. The van der Waals surface area contributed by atoms with Gasteiger partial charge >= 0.3 is 6.09 Å². The van der Waals surface area contributed by atoms with E-state index in [1.165, 1.54) is 11.3 Å². The zero-order valence-electron chi connectivity index (χ0n) is 18.6. The number of amides is 1. The van der Waals surface area contributed by atoms with Crippen LogP contribution >= 0.6 is 24.0 Å². The Kier molecular flexibility index (Phi) is 11.2. The Hall–Kier alpha value is -1.75. The number of morpholine rings is 1. The number of anilines is 1. The smallest absolute Gasteiger partial charge is 0.409 e. The van der Waals surface area contributed by atoms with Gasteiger partial charge < -0.3 is 29.9 Å². The summed E-state index contributed by atoms with van der Waals surface area (Å²) in [6.45, 7) is 10.6. The molecule has 2 aliphatic rings. The van der Waals surface area contributed by atoms with E-state index in [-0.39, 0.29) is 30.1 Å². The van der Waals surface area contributed by atoms with Crippen LogP contribution in [-0.4, -0.2) is 75.5 Å². The lowest BCUT2D eigenvalue weighted by molar-refractivity contribution is 0.0963. The Balaban J connectivity index is 0.00000341. The van der Waals surface area contributed by atoms with Crippen molar-refractivity contribution >= 4 is 41.7 Å². The van der Waals surface area contributed by atoms with Crippen LogP contribution in [0, 0.1) is 0 Å². The second-order valence-corrected chi connectivity index (χ2v) is 7.57. The van der Waals surface area contributed by atoms with Gasteiger partial charge in [-0.15, -0.1) is 24.0 Å². The van der Waals surface area contributed by atoms with Crippen LogP contribution in [0.5, 0.6) is 0 Å². The number of rotatable bonds is 6. The largest absolute Gasteiger partial charge is 0.450 e. The van der Waals surface area contributed by atoms with Gasteiger partial charge in [-0.25, -0.2) is 9.79 Å². The zero-order chi connectivity index (χ0) is 21.2. The molecule has 0 unspecified atom stereocenters. The van der Waals surface area contributed by atoms with Gasteiger partial charge in [-0.2, -0.15) is 0 Å². The van der Waals surface area contributed by atoms with Gasteiger partial charge in [0.2, 0.25) is 0 Å².